The van der Waals surface area contributed by atoms with Gasteiger partial charge in [0.2, 0.25) is 0 Å². The minimum atomic E-state index is -1.71. The van der Waals surface area contributed by atoms with Gasteiger partial charge in [0.25, 0.3) is 0 Å². The van der Waals surface area contributed by atoms with E-state index in [1.54, 1.807) is 18.2 Å². The van der Waals surface area contributed by atoms with Crippen LogP contribution in [0.1, 0.15) is 11.1 Å². The van der Waals surface area contributed by atoms with Crippen molar-refractivity contribution in [1.29, 1.82) is 0 Å². The minimum absolute atomic E-state index is 0.0839. The van der Waals surface area contributed by atoms with E-state index in [1.165, 1.54) is 0 Å². The molecule has 156 valence electrons. The summed E-state index contributed by atoms with van der Waals surface area (Å²) in [7, 11) is 0. The molecular formula is C22H20ClNO6. The zero-order chi connectivity index (χ0) is 21.1. The number of morpholine rings is 1. The van der Waals surface area contributed by atoms with E-state index in [9.17, 15) is 9.59 Å². The number of rotatable bonds is 4. The topological polar surface area (TPSA) is 83.1 Å². The summed E-state index contributed by atoms with van der Waals surface area (Å²) in [6.07, 6.45) is 1.35. The molecule has 0 aromatic heterocycles. The molecule has 7 nitrogen and oxygen atoms in total. The molecule has 0 saturated carbocycles. The predicted molar refractivity (Wildman–Crippen MR) is 108 cm³/mol. The van der Waals surface area contributed by atoms with Crippen LogP contribution in [0.15, 0.2) is 54.1 Å². The van der Waals surface area contributed by atoms with Gasteiger partial charge in [-0.3, -0.25) is 0 Å². The van der Waals surface area contributed by atoms with Crippen molar-refractivity contribution in [2.45, 2.75) is 19.3 Å². The van der Waals surface area contributed by atoms with Crippen molar-refractivity contribution in [2.75, 3.05) is 19.7 Å². The molecule has 0 bridgehead atoms. The van der Waals surface area contributed by atoms with Gasteiger partial charge in [0.15, 0.2) is 0 Å². The zero-order valence-electron chi connectivity index (χ0n) is 16.3. The number of halogens is 1. The zero-order valence-corrected chi connectivity index (χ0v) is 17.0. The smallest absolute Gasteiger partial charge is 0.389 e. The van der Waals surface area contributed by atoms with Crippen molar-refractivity contribution in [1.82, 2.24) is 5.32 Å². The maximum atomic E-state index is 12.5. The summed E-state index contributed by atoms with van der Waals surface area (Å²) in [6.45, 7) is 2.82. The molecule has 2 aromatic carbocycles. The molecule has 1 spiro atoms. The second kappa shape index (κ2) is 8.47. The number of hydrogen-bond donors (Lipinski definition) is 1. The second-order valence-corrected chi connectivity index (χ2v) is 7.38. The van der Waals surface area contributed by atoms with Gasteiger partial charge in [-0.05, 0) is 36.8 Å². The van der Waals surface area contributed by atoms with Crippen LogP contribution in [-0.4, -0.2) is 37.6 Å². The molecule has 1 N–H and O–H groups in total. The fraction of sp³-hybridized carbons (Fsp3) is 0.273. The first-order valence-corrected chi connectivity index (χ1v) is 9.85. The highest BCUT2D eigenvalue weighted by Gasteiger charge is 2.44. The Hall–Kier alpha value is -2.87. The molecule has 1 saturated heterocycles. The van der Waals surface area contributed by atoms with Crippen LogP contribution in [0, 0.1) is 6.92 Å². The lowest BCUT2D eigenvalue weighted by Crippen LogP contribution is -2.54. The van der Waals surface area contributed by atoms with Crippen LogP contribution >= 0.6 is 11.6 Å². The molecule has 0 unspecified atom stereocenters. The van der Waals surface area contributed by atoms with E-state index in [4.69, 9.17) is 30.5 Å². The summed E-state index contributed by atoms with van der Waals surface area (Å²) >= 11 is 6.13. The summed E-state index contributed by atoms with van der Waals surface area (Å²) in [5, 5.41) is 3.62. The van der Waals surface area contributed by atoms with Gasteiger partial charge in [-0.25, -0.2) is 9.59 Å². The van der Waals surface area contributed by atoms with Gasteiger partial charge in [-0.15, -0.1) is 0 Å². The van der Waals surface area contributed by atoms with Crippen molar-refractivity contribution in [3.63, 3.8) is 0 Å². The van der Waals surface area contributed by atoms with Crippen LogP contribution in [-0.2, 0) is 30.2 Å². The van der Waals surface area contributed by atoms with Crippen molar-refractivity contribution in [3.05, 3.63) is 70.3 Å². The number of benzene rings is 2. The number of nitrogens with one attached hydrogen (secondary N) is 1. The number of esters is 2. The SMILES string of the molecule is Cc1c(Cl)cccc1Oc1ccc(CC2=CC(=O)O[C@@]3(CNCCO3)OC2=O)cc1. The first kappa shape index (κ1) is 20.4. The van der Waals surface area contributed by atoms with Crippen molar-refractivity contribution >= 4 is 23.5 Å². The highest BCUT2D eigenvalue weighted by atomic mass is 35.5. The lowest BCUT2D eigenvalue weighted by atomic mass is 10.0. The van der Waals surface area contributed by atoms with Crippen molar-refractivity contribution in [2.24, 2.45) is 0 Å². The van der Waals surface area contributed by atoms with Crippen molar-refractivity contribution < 1.29 is 28.5 Å². The maximum absolute atomic E-state index is 12.5. The Kier molecular flexibility index (Phi) is 5.76. The predicted octanol–water partition coefficient (Wildman–Crippen LogP) is 3.28. The van der Waals surface area contributed by atoms with Gasteiger partial charge in [0.1, 0.15) is 18.0 Å². The van der Waals surface area contributed by atoms with Crippen LogP contribution in [0.25, 0.3) is 0 Å². The summed E-state index contributed by atoms with van der Waals surface area (Å²) in [6, 6.07) is 12.7. The van der Waals surface area contributed by atoms with E-state index in [1.807, 2.05) is 31.2 Å². The Bertz CT molecular complexity index is 995. The summed E-state index contributed by atoms with van der Waals surface area (Å²) in [5.41, 5.74) is 1.84. The first-order chi connectivity index (χ1) is 14.4. The highest BCUT2D eigenvalue weighted by molar-refractivity contribution is 6.31. The molecule has 0 aliphatic carbocycles. The molecule has 0 radical (unpaired) electrons. The van der Waals surface area contributed by atoms with E-state index in [0.29, 0.717) is 23.1 Å². The molecule has 4 rings (SSSR count). The molecule has 2 aliphatic heterocycles. The third-order valence-corrected chi connectivity index (χ3v) is 5.17. The van der Waals surface area contributed by atoms with E-state index < -0.39 is 17.9 Å². The van der Waals surface area contributed by atoms with Gasteiger partial charge in [0.05, 0.1) is 6.61 Å². The highest BCUT2D eigenvalue weighted by Crippen LogP contribution is 2.30. The molecule has 1 atom stereocenters. The third kappa shape index (κ3) is 4.48. The number of hydrogen-bond acceptors (Lipinski definition) is 7. The van der Waals surface area contributed by atoms with E-state index in [-0.39, 0.29) is 25.1 Å². The molecule has 8 heteroatoms. The first-order valence-electron chi connectivity index (χ1n) is 9.48. The average Bonchev–Trinajstić information content (AvgIpc) is 2.83. The van der Waals surface area contributed by atoms with Crippen LogP contribution in [0.3, 0.4) is 0 Å². The Morgan fingerprint density at radius 3 is 2.67 bits per heavy atom. The summed E-state index contributed by atoms with van der Waals surface area (Å²) in [4.78, 5) is 24.7. The lowest BCUT2D eigenvalue weighted by Gasteiger charge is -2.33. The normalized spacial score (nSPS) is 21.5. The maximum Gasteiger partial charge on any atom is 0.389 e. The Morgan fingerprint density at radius 1 is 1.13 bits per heavy atom. The van der Waals surface area contributed by atoms with Gasteiger partial charge < -0.3 is 24.3 Å². The van der Waals surface area contributed by atoms with E-state index >= 15 is 0 Å². The van der Waals surface area contributed by atoms with E-state index in [2.05, 4.69) is 5.32 Å². The average molecular weight is 430 g/mol. The fourth-order valence-electron chi connectivity index (χ4n) is 3.16. The molecule has 2 heterocycles. The molecule has 2 aliphatic rings. The standard InChI is InChI=1S/C22H20ClNO6/c1-14-18(23)3-2-4-19(14)28-17-7-5-15(6-8-17)11-16-12-20(25)29-22(30-21(16)26)13-24-9-10-27-22/h2-8,12,24H,9-11,13H2,1H3/t22-/m0/s1. The van der Waals surface area contributed by atoms with Crippen LogP contribution in [0.2, 0.25) is 5.02 Å². The summed E-state index contributed by atoms with van der Waals surface area (Å²) < 4.78 is 21.8. The minimum Gasteiger partial charge on any atom is -0.457 e. The van der Waals surface area contributed by atoms with Crippen LogP contribution in [0.5, 0.6) is 11.5 Å². The number of carbonyl (C=O) groups excluding carboxylic acids is 2. The quantitative estimate of drug-likeness (QED) is 0.746. The fourth-order valence-corrected chi connectivity index (χ4v) is 3.32. The number of ether oxygens (including phenoxy) is 4. The van der Waals surface area contributed by atoms with Gasteiger partial charge in [-0.2, -0.15) is 0 Å². The van der Waals surface area contributed by atoms with Crippen LogP contribution < -0.4 is 10.1 Å². The lowest BCUT2D eigenvalue weighted by molar-refractivity contribution is -0.345. The Morgan fingerprint density at radius 2 is 1.93 bits per heavy atom. The van der Waals surface area contributed by atoms with Gasteiger partial charge in [0, 0.05) is 35.2 Å². The number of carbonyl (C=O) groups is 2. The monoisotopic (exact) mass is 429 g/mol. The molecule has 30 heavy (non-hydrogen) atoms. The molecule has 0 amide bonds. The Labute approximate surface area is 178 Å². The molecule has 2 aromatic rings. The summed E-state index contributed by atoms with van der Waals surface area (Å²) in [5.74, 6) is -1.76. The second-order valence-electron chi connectivity index (χ2n) is 6.97. The molecular weight excluding hydrogens is 410 g/mol. The van der Waals surface area contributed by atoms with Crippen molar-refractivity contribution in [3.8, 4) is 11.5 Å². The van der Waals surface area contributed by atoms with Gasteiger partial charge >= 0.3 is 17.9 Å². The van der Waals surface area contributed by atoms with Crippen LogP contribution in [0.4, 0.5) is 0 Å². The van der Waals surface area contributed by atoms with Gasteiger partial charge in [-0.1, -0.05) is 29.8 Å². The van der Waals surface area contributed by atoms with E-state index in [0.717, 1.165) is 17.2 Å². The Balaban J connectivity index is 1.45. The largest absolute Gasteiger partial charge is 0.457 e. The molecule has 1 fully saturated rings. The third-order valence-electron chi connectivity index (χ3n) is 4.76.